The molecular weight excluding hydrogens is 533 g/mol. The minimum atomic E-state index is -4.64. The van der Waals surface area contributed by atoms with Gasteiger partial charge in [0.05, 0.1) is 29.2 Å². The molecule has 1 aliphatic heterocycles. The third-order valence-corrected chi connectivity index (χ3v) is 7.55. The molecule has 12 heteroatoms. The molecule has 2 N–H and O–H groups in total. The number of aromatic amines is 1. The highest BCUT2D eigenvalue weighted by Gasteiger charge is 2.32. The van der Waals surface area contributed by atoms with Crippen molar-refractivity contribution in [2.45, 2.75) is 23.9 Å². The summed E-state index contributed by atoms with van der Waals surface area (Å²) in [6.45, 7) is 0.675. The Morgan fingerprint density at radius 2 is 1.89 bits per heavy atom. The van der Waals surface area contributed by atoms with Crippen LogP contribution in [0.3, 0.4) is 0 Å². The number of carbonyl (C=O) groups is 2. The molecule has 37 heavy (non-hydrogen) atoms. The third kappa shape index (κ3) is 5.72. The molecule has 0 unspecified atom stereocenters. The fourth-order valence-electron chi connectivity index (χ4n) is 4.32. The molecule has 7 nitrogen and oxygen atoms in total. The molecule has 1 fully saturated rings. The predicted octanol–water partition coefficient (Wildman–Crippen LogP) is 5.08. The molecule has 0 spiro atoms. The van der Waals surface area contributed by atoms with Gasteiger partial charge in [0.25, 0.3) is 5.56 Å². The van der Waals surface area contributed by atoms with Gasteiger partial charge in [-0.25, -0.2) is 0 Å². The number of piperidine rings is 1. The number of aromatic hydroxyl groups is 1. The van der Waals surface area contributed by atoms with Crippen LogP contribution < -0.4 is 5.56 Å². The summed E-state index contributed by atoms with van der Waals surface area (Å²) in [5.74, 6) is -1.37. The Kier molecular flexibility index (Phi) is 7.75. The number of phenols is 1. The molecule has 0 atom stereocenters. The Balaban J connectivity index is 1.72. The van der Waals surface area contributed by atoms with Crippen LogP contribution in [0.15, 0.2) is 46.1 Å². The standard InChI is InChI=1S/C25H22ClF3N2O5S/c1-36-24(35)13-6-8-31(9-7-13)20(33)12-37-22-21(17-11-15(26)3-5-19(17)32)16-10-14(25(27,28)29)2-4-18(16)30-23(22)34/h2-5,10-11,13,32H,6-9,12H2,1H3,(H,30,34). The predicted molar refractivity (Wildman–Crippen MR) is 134 cm³/mol. The number of amides is 1. The van der Waals surface area contributed by atoms with E-state index in [1.54, 1.807) is 4.90 Å². The van der Waals surface area contributed by atoms with Gasteiger partial charge in [-0.15, -0.1) is 11.8 Å². The summed E-state index contributed by atoms with van der Waals surface area (Å²) in [7, 11) is 1.31. The number of esters is 1. The normalized spacial score (nSPS) is 14.7. The lowest BCUT2D eigenvalue weighted by molar-refractivity contribution is -0.148. The van der Waals surface area contributed by atoms with E-state index in [1.807, 2.05) is 0 Å². The number of pyridine rings is 1. The number of benzene rings is 2. The highest BCUT2D eigenvalue weighted by atomic mass is 35.5. The first-order chi connectivity index (χ1) is 17.5. The zero-order chi connectivity index (χ0) is 26.9. The molecule has 0 radical (unpaired) electrons. The molecule has 1 amide bonds. The van der Waals surface area contributed by atoms with Crippen molar-refractivity contribution in [2.75, 3.05) is 26.0 Å². The van der Waals surface area contributed by atoms with Crippen LogP contribution in [0.5, 0.6) is 5.75 Å². The van der Waals surface area contributed by atoms with Crippen molar-refractivity contribution in [2.24, 2.45) is 5.92 Å². The maximum Gasteiger partial charge on any atom is 0.416 e. The summed E-state index contributed by atoms with van der Waals surface area (Å²) in [5.41, 5.74) is -1.31. The summed E-state index contributed by atoms with van der Waals surface area (Å²) >= 11 is 6.97. The first-order valence-corrected chi connectivity index (χ1v) is 12.6. The number of H-pyrrole nitrogens is 1. The monoisotopic (exact) mass is 554 g/mol. The number of nitrogens with one attached hydrogen (secondary N) is 1. The van der Waals surface area contributed by atoms with Crippen LogP contribution in [-0.2, 0) is 20.5 Å². The van der Waals surface area contributed by atoms with Crippen LogP contribution in [0.1, 0.15) is 18.4 Å². The molecule has 4 rings (SSSR count). The quantitative estimate of drug-likeness (QED) is 0.337. The van der Waals surface area contributed by atoms with E-state index in [0.29, 0.717) is 25.9 Å². The summed E-state index contributed by atoms with van der Waals surface area (Å²) in [4.78, 5) is 41.8. The fourth-order valence-corrected chi connectivity index (χ4v) is 5.49. The van der Waals surface area contributed by atoms with Gasteiger partial charge in [0.2, 0.25) is 5.91 Å². The molecule has 0 saturated carbocycles. The van der Waals surface area contributed by atoms with Gasteiger partial charge >= 0.3 is 12.1 Å². The number of halogens is 4. The number of fused-ring (bicyclic) bond motifs is 1. The average Bonchev–Trinajstić information content (AvgIpc) is 2.87. The number of alkyl halides is 3. The Hall–Kier alpha value is -3.18. The largest absolute Gasteiger partial charge is 0.507 e. The minimum Gasteiger partial charge on any atom is -0.507 e. The Morgan fingerprint density at radius 3 is 2.54 bits per heavy atom. The second-order valence-corrected chi connectivity index (χ2v) is 9.97. The number of phenolic OH excluding ortho intramolecular Hbond substituents is 1. The molecule has 3 aromatic rings. The minimum absolute atomic E-state index is 0.0258. The van der Waals surface area contributed by atoms with Crippen molar-refractivity contribution < 1.29 is 32.6 Å². The SMILES string of the molecule is COC(=O)C1CCN(C(=O)CSc2c(-c3cc(Cl)ccc3O)c3cc(C(F)(F)F)ccc3[nH]c2=O)CC1. The zero-order valence-corrected chi connectivity index (χ0v) is 21.1. The maximum absolute atomic E-state index is 13.5. The third-order valence-electron chi connectivity index (χ3n) is 6.25. The van der Waals surface area contributed by atoms with E-state index in [9.17, 15) is 32.7 Å². The van der Waals surface area contributed by atoms with Crippen LogP contribution in [0.25, 0.3) is 22.0 Å². The van der Waals surface area contributed by atoms with Gasteiger partial charge in [-0.2, -0.15) is 13.2 Å². The van der Waals surface area contributed by atoms with E-state index in [4.69, 9.17) is 16.3 Å². The van der Waals surface area contributed by atoms with Crippen molar-refractivity contribution in [3.63, 3.8) is 0 Å². The van der Waals surface area contributed by atoms with Crippen molar-refractivity contribution in [1.29, 1.82) is 0 Å². The van der Waals surface area contributed by atoms with E-state index in [0.717, 1.165) is 30.0 Å². The van der Waals surface area contributed by atoms with E-state index in [-0.39, 0.29) is 61.2 Å². The Bertz CT molecular complexity index is 1420. The Morgan fingerprint density at radius 1 is 1.19 bits per heavy atom. The summed E-state index contributed by atoms with van der Waals surface area (Å²) in [6.07, 6.45) is -3.75. The highest BCUT2D eigenvalue weighted by molar-refractivity contribution is 8.00. The lowest BCUT2D eigenvalue weighted by atomic mass is 9.97. The van der Waals surface area contributed by atoms with Crippen LogP contribution in [0, 0.1) is 5.92 Å². The van der Waals surface area contributed by atoms with E-state index in [1.165, 1.54) is 25.3 Å². The van der Waals surface area contributed by atoms with Gasteiger partial charge in [-0.05, 0) is 49.2 Å². The molecule has 1 saturated heterocycles. The van der Waals surface area contributed by atoms with Crippen LogP contribution in [0.2, 0.25) is 5.02 Å². The van der Waals surface area contributed by atoms with E-state index >= 15 is 0 Å². The van der Waals surface area contributed by atoms with Gasteiger partial charge in [-0.3, -0.25) is 14.4 Å². The molecule has 0 aliphatic carbocycles. The lowest BCUT2D eigenvalue weighted by Crippen LogP contribution is -2.41. The van der Waals surface area contributed by atoms with Gasteiger partial charge < -0.3 is 19.7 Å². The number of carbonyl (C=O) groups excluding carboxylic acids is 2. The Labute approximate surface area is 218 Å². The topological polar surface area (TPSA) is 99.7 Å². The van der Waals surface area contributed by atoms with Gasteiger partial charge in [0.1, 0.15) is 5.75 Å². The molecule has 2 heterocycles. The molecular formula is C25H22ClF3N2O5S. The molecule has 1 aromatic heterocycles. The number of hydrogen-bond acceptors (Lipinski definition) is 6. The number of hydrogen-bond donors (Lipinski definition) is 2. The number of ether oxygens (including phenoxy) is 1. The number of methoxy groups -OCH3 is 1. The van der Waals surface area contributed by atoms with Crippen LogP contribution >= 0.6 is 23.4 Å². The fraction of sp³-hybridized carbons (Fsp3) is 0.320. The van der Waals surface area contributed by atoms with E-state index < -0.39 is 17.3 Å². The second-order valence-electron chi connectivity index (χ2n) is 8.54. The second kappa shape index (κ2) is 10.7. The van der Waals surface area contributed by atoms with Crippen LogP contribution in [0.4, 0.5) is 13.2 Å². The van der Waals surface area contributed by atoms with Gasteiger partial charge in [0, 0.05) is 40.1 Å². The first kappa shape index (κ1) is 26.9. The first-order valence-electron chi connectivity index (χ1n) is 11.2. The van der Waals surface area contributed by atoms with Crippen molar-refractivity contribution in [1.82, 2.24) is 9.88 Å². The number of rotatable bonds is 5. The average molecular weight is 555 g/mol. The smallest absolute Gasteiger partial charge is 0.416 e. The van der Waals surface area contributed by atoms with E-state index in [2.05, 4.69) is 4.98 Å². The van der Waals surface area contributed by atoms with Crippen LogP contribution in [-0.4, -0.2) is 52.8 Å². The highest BCUT2D eigenvalue weighted by Crippen LogP contribution is 2.42. The van der Waals surface area contributed by atoms with Crippen molar-refractivity contribution >= 4 is 46.1 Å². The van der Waals surface area contributed by atoms with Crippen molar-refractivity contribution in [3.05, 3.63) is 57.3 Å². The van der Waals surface area contributed by atoms with Gasteiger partial charge in [-0.1, -0.05) is 11.6 Å². The number of likely N-dealkylation sites (tertiary alicyclic amines) is 1. The summed E-state index contributed by atoms with van der Waals surface area (Å²) < 4.78 is 45.3. The molecule has 1 aliphatic rings. The lowest BCUT2D eigenvalue weighted by Gasteiger charge is -2.30. The number of aromatic nitrogens is 1. The summed E-state index contributed by atoms with van der Waals surface area (Å²) in [6, 6.07) is 6.94. The number of nitrogens with zero attached hydrogens (tertiary/aromatic N) is 1. The summed E-state index contributed by atoms with van der Waals surface area (Å²) in [5, 5.41) is 10.8. The molecule has 0 bridgehead atoms. The van der Waals surface area contributed by atoms with Gasteiger partial charge in [0.15, 0.2) is 0 Å². The molecule has 2 aromatic carbocycles. The van der Waals surface area contributed by atoms with Crippen molar-refractivity contribution in [3.8, 4) is 16.9 Å². The zero-order valence-electron chi connectivity index (χ0n) is 19.5. The molecule has 196 valence electrons. The maximum atomic E-state index is 13.5. The number of thioether (sulfide) groups is 1.